The van der Waals surface area contributed by atoms with Gasteiger partial charge in [0.05, 0.1) is 30.1 Å². The number of carbonyl (C=O) groups excluding carboxylic acids is 1. The summed E-state index contributed by atoms with van der Waals surface area (Å²) in [7, 11) is -2.93. The maximum atomic E-state index is 13.5. The van der Waals surface area contributed by atoms with Crippen LogP contribution in [0.1, 0.15) is 70.2 Å². The number of benzene rings is 1. The maximum Gasteiger partial charge on any atom is 0.251 e. The fourth-order valence-electron chi connectivity index (χ4n) is 4.82. The van der Waals surface area contributed by atoms with Gasteiger partial charge in [0, 0.05) is 49.3 Å². The molecule has 1 aliphatic rings. The van der Waals surface area contributed by atoms with Gasteiger partial charge in [-0.25, -0.2) is 0 Å². The number of aliphatic hydroxyl groups excluding tert-OH is 1. The highest BCUT2D eigenvalue weighted by Crippen LogP contribution is 2.50. The Hall–Kier alpha value is -2.02. The van der Waals surface area contributed by atoms with E-state index in [2.05, 4.69) is 41.8 Å². The Morgan fingerprint density at radius 2 is 1.93 bits per heavy atom. The normalized spacial score (nSPS) is 17.9. The van der Waals surface area contributed by atoms with Gasteiger partial charge in [0.15, 0.2) is 0 Å². The lowest BCUT2D eigenvalue weighted by Crippen LogP contribution is -2.50. The number of anilines is 2. The Morgan fingerprint density at radius 3 is 2.58 bits per heavy atom. The van der Waals surface area contributed by atoms with Crippen LogP contribution in [0.5, 0.6) is 0 Å². The first kappa shape index (κ1) is 34.2. The molecular formula is C28H49ClN6O4S. The second-order valence-corrected chi connectivity index (χ2v) is 13.1. The number of nitrogens with one attached hydrogen (secondary N) is 3. The number of hydrogen-bond acceptors (Lipinski definition) is 8. The highest BCUT2D eigenvalue weighted by Gasteiger charge is 2.29. The predicted octanol–water partition coefficient (Wildman–Crippen LogP) is 4.97. The molecule has 10 nitrogen and oxygen atoms in total. The fourth-order valence-corrected chi connectivity index (χ4v) is 6.50. The van der Waals surface area contributed by atoms with Crippen molar-refractivity contribution in [3.8, 4) is 0 Å². The number of rotatable bonds is 15. The number of aliphatic hydroxyl groups is 1. The molecule has 0 saturated carbocycles. The SMILES string of the molecule is CCNc1cc(C(=O)N[C@@H](Cn2cccn2)[C@@H](O)CNC(C)CCCC(C)C)cc(N2CCCCS2(O)O)c1.Cl. The quantitative estimate of drug-likeness (QED) is 0.169. The van der Waals surface area contributed by atoms with Crippen LogP contribution < -0.4 is 20.3 Å². The molecular weight excluding hydrogens is 552 g/mol. The Labute approximate surface area is 247 Å². The van der Waals surface area contributed by atoms with Gasteiger partial charge in [0.1, 0.15) is 0 Å². The van der Waals surface area contributed by atoms with Crippen molar-refractivity contribution in [1.29, 1.82) is 0 Å². The molecule has 2 heterocycles. The van der Waals surface area contributed by atoms with Crippen molar-refractivity contribution in [2.75, 3.05) is 35.0 Å². The third kappa shape index (κ3) is 10.4. The van der Waals surface area contributed by atoms with Gasteiger partial charge < -0.3 is 21.1 Å². The van der Waals surface area contributed by atoms with Crippen molar-refractivity contribution >= 4 is 40.5 Å². The second-order valence-electron chi connectivity index (χ2n) is 11.0. The molecule has 3 rings (SSSR count). The highest BCUT2D eigenvalue weighted by molar-refractivity contribution is 8.25. The number of carbonyl (C=O) groups is 1. The molecule has 6 N–H and O–H groups in total. The van der Waals surface area contributed by atoms with E-state index in [0.717, 1.165) is 31.4 Å². The molecule has 0 bridgehead atoms. The number of amides is 1. The van der Waals surface area contributed by atoms with E-state index in [1.54, 1.807) is 33.5 Å². The molecule has 1 amide bonds. The lowest BCUT2D eigenvalue weighted by atomic mass is 10.0. The van der Waals surface area contributed by atoms with Crippen LogP contribution in [0.2, 0.25) is 0 Å². The first-order valence-electron chi connectivity index (χ1n) is 14.2. The number of halogens is 1. The van der Waals surface area contributed by atoms with E-state index in [1.165, 1.54) is 6.42 Å². The van der Waals surface area contributed by atoms with Crippen molar-refractivity contribution in [2.45, 2.75) is 84.5 Å². The molecule has 1 saturated heterocycles. The van der Waals surface area contributed by atoms with Crippen molar-refractivity contribution in [2.24, 2.45) is 5.92 Å². The zero-order valence-corrected chi connectivity index (χ0v) is 25.9. The van der Waals surface area contributed by atoms with E-state index >= 15 is 0 Å². The minimum Gasteiger partial charge on any atom is -0.390 e. The van der Waals surface area contributed by atoms with Crippen molar-refractivity contribution in [3.05, 3.63) is 42.2 Å². The molecule has 0 radical (unpaired) electrons. The molecule has 1 aliphatic heterocycles. The Balaban J connectivity index is 0.00000560. The molecule has 1 unspecified atom stereocenters. The van der Waals surface area contributed by atoms with E-state index < -0.39 is 22.9 Å². The van der Waals surface area contributed by atoms with Crippen molar-refractivity contribution in [1.82, 2.24) is 20.4 Å². The van der Waals surface area contributed by atoms with Crippen molar-refractivity contribution in [3.63, 3.8) is 0 Å². The van der Waals surface area contributed by atoms with E-state index in [0.29, 0.717) is 49.1 Å². The van der Waals surface area contributed by atoms with E-state index in [-0.39, 0.29) is 24.4 Å². The van der Waals surface area contributed by atoms with Gasteiger partial charge in [-0.15, -0.1) is 23.2 Å². The molecule has 228 valence electrons. The molecule has 0 spiro atoms. The standard InChI is InChI=1S/C28H48N6O4S.ClH/c1-5-29-24-16-23(17-25(18-24)34-14-6-7-15-39(34,37)38)28(36)32-26(20-33-13-9-12-31-33)27(35)19-30-22(4)11-8-10-21(2)3;/h9,12-13,16-18,21-22,26-27,29-30,35,37-38H,5-8,10-11,14-15,19-20H2,1-4H3,(H,32,36);1H/t22?,26-,27-;/m0./s1. The lowest BCUT2D eigenvalue weighted by molar-refractivity contribution is 0.0794. The summed E-state index contributed by atoms with van der Waals surface area (Å²) in [6, 6.07) is 6.77. The summed E-state index contributed by atoms with van der Waals surface area (Å²) < 4.78 is 24.7. The molecule has 40 heavy (non-hydrogen) atoms. The van der Waals surface area contributed by atoms with Gasteiger partial charge in [-0.2, -0.15) is 5.10 Å². The topological polar surface area (TPSA) is 135 Å². The maximum absolute atomic E-state index is 13.5. The summed E-state index contributed by atoms with van der Waals surface area (Å²) in [5.41, 5.74) is 1.71. The fraction of sp³-hybridized carbons (Fsp3) is 0.643. The zero-order chi connectivity index (χ0) is 28.4. The largest absolute Gasteiger partial charge is 0.390 e. The molecule has 1 aromatic carbocycles. The third-order valence-electron chi connectivity index (χ3n) is 7.05. The molecule has 1 aromatic heterocycles. The van der Waals surface area contributed by atoms with Crippen LogP contribution >= 0.6 is 23.2 Å². The number of hydrogen-bond donors (Lipinski definition) is 6. The van der Waals surface area contributed by atoms with Crippen LogP contribution in [-0.4, -0.2) is 73.5 Å². The average molecular weight is 601 g/mol. The Bertz CT molecular complexity index is 1030. The third-order valence-corrected chi connectivity index (χ3v) is 8.98. The smallest absolute Gasteiger partial charge is 0.251 e. The predicted molar refractivity (Wildman–Crippen MR) is 168 cm³/mol. The van der Waals surface area contributed by atoms with Gasteiger partial charge in [-0.05, 0) is 63.3 Å². The molecule has 3 atom stereocenters. The van der Waals surface area contributed by atoms with Gasteiger partial charge in [0.25, 0.3) is 5.91 Å². The molecule has 1 fully saturated rings. The van der Waals surface area contributed by atoms with Gasteiger partial charge >= 0.3 is 0 Å². The van der Waals surface area contributed by atoms with Crippen molar-refractivity contribution < 1.29 is 19.0 Å². The summed E-state index contributed by atoms with van der Waals surface area (Å²) in [6.07, 6.45) is 7.57. The molecule has 0 aliphatic carbocycles. The molecule has 2 aromatic rings. The van der Waals surface area contributed by atoms with Crippen LogP contribution in [0.4, 0.5) is 11.4 Å². The number of nitrogens with zero attached hydrogens (tertiary/aromatic N) is 3. The number of aromatic nitrogens is 2. The Morgan fingerprint density at radius 1 is 1.15 bits per heavy atom. The van der Waals surface area contributed by atoms with Crippen LogP contribution in [-0.2, 0) is 6.54 Å². The van der Waals surface area contributed by atoms with Crippen LogP contribution in [0, 0.1) is 5.92 Å². The lowest BCUT2D eigenvalue weighted by Gasteiger charge is -2.47. The summed E-state index contributed by atoms with van der Waals surface area (Å²) in [4.78, 5) is 13.5. The van der Waals surface area contributed by atoms with E-state index in [1.807, 2.05) is 19.1 Å². The summed E-state index contributed by atoms with van der Waals surface area (Å²) in [5.74, 6) is 0.650. The first-order chi connectivity index (χ1) is 18.6. The molecule has 12 heteroatoms. The minimum atomic E-state index is -2.93. The van der Waals surface area contributed by atoms with Crippen LogP contribution in [0.15, 0.2) is 36.7 Å². The van der Waals surface area contributed by atoms with Gasteiger partial charge in [0.2, 0.25) is 0 Å². The first-order valence-corrected chi connectivity index (χ1v) is 15.9. The average Bonchev–Trinajstić information content (AvgIpc) is 3.39. The summed E-state index contributed by atoms with van der Waals surface area (Å²) >= 11 is 0. The van der Waals surface area contributed by atoms with E-state index in [9.17, 15) is 19.0 Å². The van der Waals surface area contributed by atoms with E-state index in [4.69, 9.17) is 0 Å². The van der Waals surface area contributed by atoms with Gasteiger partial charge in [-0.1, -0.05) is 26.7 Å². The van der Waals surface area contributed by atoms with Gasteiger partial charge in [-0.3, -0.25) is 22.9 Å². The summed E-state index contributed by atoms with van der Waals surface area (Å²) in [6.45, 7) is 10.4. The highest BCUT2D eigenvalue weighted by atomic mass is 35.5. The zero-order valence-electron chi connectivity index (χ0n) is 24.3. The van der Waals surface area contributed by atoms with Crippen LogP contribution in [0.25, 0.3) is 0 Å². The van der Waals surface area contributed by atoms with Crippen LogP contribution in [0.3, 0.4) is 0 Å². The summed E-state index contributed by atoms with van der Waals surface area (Å²) in [5, 5.41) is 25.1. The second kappa shape index (κ2) is 16.4. The minimum absolute atomic E-state index is 0. The monoisotopic (exact) mass is 600 g/mol. The Kier molecular flexibility index (Phi) is 14.0.